The molecule has 8 heteroatoms. The van der Waals surface area contributed by atoms with E-state index in [0.29, 0.717) is 18.8 Å². The van der Waals surface area contributed by atoms with E-state index in [-0.39, 0.29) is 36.5 Å². The van der Waals surface area contributed by atoms with E-state index in [2.05, 4.69) is 40.0 Å². The lowest BCUT2D eigenvalue weighted by Gasteiger charge is -2.11. The summed E-state index contributed by atoms with van der Waals surface area (Å²) in [6.45, 7) is 8.80. The number of ether oxygens (including phenoxy) is 1. The van der Waals surface area contributed by atoms with Crippen molar-refractivity contribution in [3.05, 3.63) is 51.7 Å². The van der Waals surface area contributed by atoms with Gasteiger partial charge in [-0.25, -0.2) is 4.99 Å². The van der Waals surface area contributed by atoms with Gasteiger partial charge in [-0.15, -0.1) is 35.3 Å². The Balaban J connectivity index is 0.00000420. The molecular weight excluding hydrogens is 499 g/mol. The van der Waals surface area contributed by atoms with Crippen molar-refractivity contribution in [2.75, 3.05) is 19.7 Å². The van der Waals surface area contributed by atoms with E-state index in [0.717, 1.165) is 31.0 Å². The van der Waals surface area contributed by atoms with E-state index < -0.39 is 0 Å². The molecular formula is C21H31IN4O2S. The number of guanidine groups is 1. The molecule has 6 nitrogen and oxygen atoms in total. The third kappa shape index (κ3) is 9.49. The summed E-state index contributed by atoms with van der Waals surface area (Å²) in [5.41, 5.74) is 1.02. The van der Waals surface area contributed by atoms with Crippen molar-refractivity contribution in [1.29, 1.82) is 0 Å². The summed E-state index contributed by atoms with van der Waals surface area (Å²) in [6.07, 6.45) is 1.07. The summed E-state index contributed by atoms with van der Waals surface area (Å²) in [4.78, 5) is 18.9. The molecule has 0 atom stereocenters. The van der Waals surface area contributed by atoms with Crippen LogP contribution in [0.25, 0.3) is 0 Å². The molecule has 1 amide bonds. The zero-order chi connectivity index (χ0) is 20.2. The number of carbonyl (C=O) groups excluding carboxylic acids is 1. The minimum atomic E-state index is -0.121. The van der Waals surface area contributed by atoms with Crippen LogP contribution in [0.3, 0.4) is 0 Å². The summed E-state index contributed by atoms with van der Waals surface area (Å²) in [5, 5.41) is 9.37. The average Bonchev–Trinajstić information content (AvgIpc) is 3.17. The van der Waals surface area contributed by atoms with E-state index >= 15 is 0 Å². The number of aliphatic imine (C=N–C) groups is 1. The van der Waals surface area contributed by atoms with Crippen molar-refractivity contribution in [1.82, 2.24) is 16.0 Å². The van der Waals surface area contributed by atoms with Gasteiger partial charge in [-0.2, -0.15) is 0 Å². The first-order chi connectivity index (χ1) is 13.6. The summed E-state index contributed by atoms with van der Waals surface area (Å²) < 4.78 is 5.54. The molecule has 0 saturated heterocycles. The molecule has 0 aliphatic heterocycles. The van der Waals surface area contributed by atoms with Crippen LogP contribution in [-0.4, -0.2) is 31.6 Å². The molecule has 0 radical (unpaired) electrons. The molecule has 0 fully saturated rings. The van der Waals surface area contributed by atoms with E-state index in [1.807, 2.05) is 49.4 Å². The topological polar surface area (TPSA) is 74.8 Å². The first-order valence-electron chi connectivity index (χ1n) is 9.72. The summed E-state index contributed by atoms with van der Waals surface area (Å²) in [6, 6.07) is 12.0. The highest BCUT2D eigenvalue weighted by Crippen LogP contribution is 2.16. The van der Waals surface area contributed by atoms with E-state index in [9.17, 15) is 4.79 Å². The fraction of sp³-hybridized carbons (Fsp3) is 0.429. The molecule has 2 rings (SSSR count). The van der Waals surface area contributed by atoms with Crippen LogP contribution in [0.1, 0.15) is 36.1 Å². The molecule has 0 unspecified atom stereocenters. The van der Waals surface area contributed by atoms with Crippen LogP contribution in [0.15, 0.2) is 41.4 Å². The van der Waals surface area contributed by atoms with Gasteiger partial charge in [0.25, 0.3) is 5.91 Å². The summed E-state index contributed by atoms with van der Waals surface area (Å²) in [5.74, 6) is 1.33. The van der Waals surface area contributed by atoms with Crippen LogP contribution in [-0.2, 0) is 24.3 Å². The number of hydrogen-bond acceptors (Lipinski definition) is 4. The number of halogens is 1. The lowest BCUT2D eigenvalue weighted by atomic mass is 10.2. The van der Waals surface area contributed by atoms with Gasteiger partial charge in [-0.1, -0.05) is 19.1 Å². The Bertz CT molecular complexity index is 780. The van der Waals surface area contributed by atoms with Crippen molar-refractivity contribution < 1.29 is 9.53 Å². The van der Waals surface area contributed by atoms with Gasteiger partial charge in [0.2, 0.25) is 0 Å². The Labute approximate surface area is 194 Å². The van der Waals surface area contributed by atoms with Gasteiger partial charge in [-0.05, 0) is 50.1 Å². The molecule has 1 aromatic carbocycles. The third-order valence-electron chi connectivity index (χ3n) is 3.90. The lowest BCUT2D eigenvalue weighted by Crippen LogP contribution is -2.36. The minimum Gasteiger partial charge on any atom is -0.484 e. The standard InChI is InChI=1S/C21H30N4O2S.HI/c1-4-18-10-11-19(28-18)14-25-21(23-6-3)24-13-16-8-7-9-17(12-16)27-15-20(26)22-5-2;/h7-12H,4-6,13-15H2,1-3H3,(H,22,26)(H2,23,24,25);1H. The maximum atomic E-state index is 11.5. The summed E-state index contributed by atoms with van der Waals surface area (Å²) >= 11 is 1.83. The van der Waals surface area contributed by atoms with Crippen LogP contribution < -0.4 is 20.7 Å². The number of nitrogens with zero attached hydrogens (tertiary/aromatic N) is 1. The highest BCUT2D eigenvalue weighted by molar-refractivity contribution is 14.0. The Hall–Kier alpha value is -1.81. The average molecular weight is 530 g/mol. The molecule has 0 aliphatic rings. The Morgan fingerprint density at radius 1 is 1.03 bits per heavy atom. The monoisotopic (exact) mass is 530 g/mol. The molecule has 0 aliphatic carbocycles. The predicted molar refractivity (Wildman–Crippen MR) is 131 cm³/mol. The molecule has 0 bridgehead atoms. The number of nitrogens with one attached hydrogen (secondary N) is 3. The lowest BCUT2D eigenvalue weighted by molar-refractivity contribution is -0.122. The van der Waals surface area contributed by atoms with E-state index in [1.165, 1.54) is 9.75 Å². The van der Waals surface area contributed by atoms with Crippen LogP contribution in [0.4, 0.5) is 0 Å². The van der Waals surface area contributed by atoms with Gasteiger partial charge in [0.1, 0.15) is 5.75 Å². The predicted octanol–water partition coefficient (Wildman–Crippen LogP) is 3.70. The Morgan fingerprint density at radius 2 is 1.79 bits per heavy atom. The quantitative estimate of drug-likeness (QED) is 0.249. The molecule has 0 saturated carbocycles. The second-order valence-corrected chi connectivity index (χ2v) is 7.41. The molecule has 3 N–H and O–H groups in total. The van der Waals surface area contributed by atoms with Gasteiger partial charge in [-0.3, -0.25) is 4.79 Å². The smallest absolute Gasteiger partial charge is 0.257 e. The second-order valence-electron chi connectivity index (χ2n) is 6.16. The highest BCUT2D eigenvalue weighted by atomic mass is 127. The van der Waals surface area contributed by atoms with Gasteiger partial charge in [0.15, 0.2) is 12.6 Å². The van der Waals surface area contributed by atoms with Gasteiger partial charge >= 0.3 is 0 Å². The zero-order valence-corrected chi connectivity index (χ0v) is 20.4. The first-order valence-corrected chi connectivity index (χ1v) is 10.5. The largest absolute Gasteiger partial charge is 0.484 e. The number of hydrogen-bond donors (Lipinski definition) is 3. The van der Waals surface area contributed by atoms with Gasteiger partial charge in [0.05, 0.1) is 13.1 Å². The van der Waals surface area contributed by atoms with E-state index in [4.69, 9.17) is 4.74 Å². The highest BCUT2D eigenvalue weighted by Gasteiger charge is 2.04. The number of benzene rings is 1. The zero-order valence-electron chi connectivity index (χ0n) is 17.3. The van der Waals surface area contributed by atoms with Crippen LogP contribution in [0.5, 0.6) is 5.75 Å². The Morgan fingerprint density at radius 3 is 2.48 bits per heavy atom. The molecule has 1 aromatic heterocycles. The van der Waals surface area contributed by atoms with Crippen molar-refractivity contribution in [2.24, 2.45) is 4.99 Å². The van der Waals surface area contributed by atoms with Crippen molar-refractivity contribution in [2.45, 2.75) is 40.3 Å². The minimum absolute atomic E-state index is 0. The molecule has 2 aromatic rings. The van der Waals surface area contributed by atoms with Crippen molar-refractivity contribution in [3.8, 4) is 5.75 Å². The normalized spacial score (nSPS) is 10.8. The molecule has 1 heterocycles. The molecule has 29 heavy (non-hydrogen) atoms. The van der Waals surface area contributed by atoms with Crippen molar-refractivity contribution >= 4 is 47.2 Å². The maximum absolute atomic E-state index is 11.5. The number of amides is 1. The summed E-state index contributed by atoms with van der Waals surface area (Å²) in [7, 11) is 0. The maximum Gasteiger partial charge on any atom is 0.257 e. The van der Waals surface area contributed by atoms with Gasteiger partial charge in [0, 0.05) is 22.8 Å². The van der Waals surface area contributed by atoms with E-state index in [1.54, 1.807) is 0 Å². The van der Waals surface area contributed by atoms with Gasteiger partial charge < -0.3 is 20.7 Å². The van der Waals surface area contributed by atoms with Crippen LogP contribution in [0, 0.1) is 0 Å². The second kappa shape index (κ2) is 14.2. The third-order valence-corrected chi connectivity index (χ3v) is 5.13. The molecule has 0 spiro atoms. The van der Waals surface area contributed by atoms with Crippen molar-refractivity contribution in [3.63, 3.8) is 0 Å². The number of thiophene rings is 1. The van der Waals surface area contributed by atoms with Crippen LogP contribution in [0.2, 0.25) is 0 Å². The fourth-order valence-electron chi connectivity index (χ4n) is 2.52. The SMILES string of the molecule is CCNC(=O)COc1cccc(CN=C(NCC)NCc2ccc(CC)s2)c1.I. The Kier molecular flexibility index (Phi) is 12.4. The fourth-order valence-corrected chi connectivity index (χ4v) is 3.42. The first kappa shape index (κ1) is 25.2. The number of aryl methyl sites for hydroxylation is 1. The number of rotatable bonds is 10. The molecule has 160 valence electrons. The number of carbonyl (C=O) groups is 1. The van der Waals surface area contributed by atoms with Crippen LogP contribution >= 0.6 is 35.3 Å². The number of likely N-dealkylation sites (N-methyl/N-ethyl adjacent to an activating group) is 1.